The molecule has 0 aliphatic carbocycles. The van der Waals surface area contributed by atoms with Gasteiger partial charge in [-0.1, -0.05) is 13.3 Å². The molecule has 2 N–H and O–H groups in total. The molecular weight excluding hydrogens is 190 g/mol. The number of amides is 1. The van der Waals surface area contributed by atoms with Crippen molar-refractivity contribution in [3.8, 4) is 0 Å². The molecule has 0 bridgehead atoms. The van der Waals surface area contributed by atoms with Crippen LogP contribution in [0.15, 0.2) is 12.4 Å². The summed E-state index contributed by atoms with van der Waals surface area (Å²) in [5.74, 6) is 1.15. The van der Waals surface area contributed by atoms with Gasteiger partial charge in [0.1, 0.15) is 5.82 Å². The normalized spacial score (nSPS) is 10.2. The van der Waals surface area contributed by atoms with Crippen molar-refractivity contribution in [1.29, 1.82) is 0 Å². The summed E-state index contributed by atoms with van der Waals surface area (Å²) in [5.41, 5.74) is 0. The topological polar surface area (TPSA) is 57.8 Å². The van der Waals surface area contributed by atoms with Crippen molar-refractivity contribution in [2.45, 2.75) is 39.0 Å². The zero-order valence-corrected chi connectivity index (χ0v) is 9.25. The van der Waals surface area contributed by atoms with Gasteiger partial charge in [0.2, 0.25) is 5.91 Å². The average Bonchev–Trinajstić information content (AvgIpc) is 2.74. The van der Waals surface area contributed by atoms with Crippen LogP contribution in [0.5, 0.6) is 0 Å². The second-order valence-electron chi connectivity index (χ2n) is 3.59. The highest BCUT2D eigenvalue weighted by Gasteiger charge is 1.99. The molecule has 1 heterocycles. The molecule has 0 atom stereocenters. The number of aromatic nitrogens is 2. The Hall–Kier alpha value is -1.32. The highest BCUT2D eigenvalue weighted by molar-refractivity contribution is 5.75. The first-order chi connectivity index (χ1) is 7.33. The molecule has 0 aliphatic rings. The van der Waals surface area contributed by atoms with Crippen molar-refractivity contribution >= 4 is 5.91 Å². The van der Waals surface area contributed by atoms with E-state index in [0.29, 0.717) is 6.42 Å². The summed E-state index contributed by atoms with van der Waals surface area (Å²) in [6, 6.07) is 0. The van der Waals surface area contributed by atoms with Gasteiger partial charge in [-0.05, 0) is 12.8 Å². The number of imidazole rings is 1. The van der Waals surface area contributed by atoms with E-state index in [1.54, 1.807) is 6.20 Å². The first kappa shape index (κ1) is 11.8. The summed E-state index contributed by atoms with van der Waals surface area (Å²) in [5, 5.41) is 2.90. The van der Waals surface area contributed by atoms with E-state index >= 15 is 0 Å². The van der Waals surface area contributed by atoms with Crippen molar-refractivity contribution < 1.29 is 4.79 Å². The lowest BCUT2D eigenvalue weighted by Gasteiger charge is -2.03. The van der Waals surface area contributed by atoms with Gasteiger partial charge in [0.05, 0.1) is 0 Å². The molecule has 15 heavy (non-hydrogen) atoms. The van der Waals surface area contributed by atoms with E-state index in [2.05, 4.69) is 22.2 Å². The van der Waals surface area contributed by atoms with Crippen LogP contribution < -0.4 is 5.32 Å². The Bertz CT molecular complexity index is 269. The molecule has 0 fully saturated rings. The van der Waals surface area contributed by atoms with Crippen molar-refractivity contribution in [2.24, 2.45) is 0 Å². The van der Waals surface area contributed by atoms with E-state index in [1.807, 2.05) is 6.20 Å². The molecule has 1 aromatic heterocycles. The molecule has 0 spiro atoms. The first-order valence-electron chi connectivity index (χ1n) is 5.58. The Morgan fingerprint density at radius 2 is 2.40 bits per heavy atom. The van der Waals surface area contributed by atoms with Crippen molar-refractivity contribution in [1.82, 2.24) is 15.3 Å². The minimum atomic E-state index is 0.163. The number of carbonyl (C=O) groups is 1. The number of carbonyl (C=O) groups excluding carboxylic acids is 1. The van der Waals surface area contributed by atoms with E-state index in [0.717, 1.165) is 38.1 Å². The van der Waals surface area contributed by atoms with Gasteiger partial charge in [-0.2, -0.15) is 0 Å². The monoisotopic (exact) mass is 209 g/mol. The Labute approximate surface area is 90.5 Å². The van der Waals surface area contributed by atoms with Gasteiger partial charge in [-0.15, -0.1) is 0 Å². The van der Waals surface area contributed by atoms with E-state index in [4.69, 9.17) is 0 Å². The Balaban J connectivity index is 1.99. The molecule has 84 valence electrons. The van der Waals surface area contributed by atoms with Crippen LogP contribution in [0.3, 0.4) is 0 Å². The quantitative estimate of drug-likeness (QED) is 0.671. The highest BCUT2D eigenvalue weighted by atomic mass is 16.1. The number of rotatable bonds is 7. The third-order valence-electron chi connectivity index (χ3n) is 2.22. The van der Waals surface area contributed by atoms with Gasteiger partial charge < -0.3 is 10.3 Å². The molecule has 0 unspecified atom stereocenters. The van der Waals surface area contributed by atoms with Crippen LogP contribution in [0, 0.1) is 0 Å². The van der Waals surface area contributed by atoms with Gasteiger partial charge in [-0.3, -0.25) is 4.79 Å². The summed E-state index contributed by atoms with van der Waals surface area (Å²) in [6.45, 7) is 2.83. The summed E-state index contributed by atoms with van der Waals surface area (Å²) in [7, 11) is 0. The third kappa shape index (κ3) is 5.20. The number of unbranched alkanes of at least 4 members (excludes halogenated alkanes) is 1. The molecule has 0 aliphatic heterocycles. The molecule has 4 heteroatoms. The molecule has 4 nitrogen and oxygen atoms in total. The van der Waals surface area contributed by atoms with Gasteiger partial charge >= 0.3 is 0 Å². The summed E-state index contributed by atoms with van der Waals surface area (Å²) in [6.07, 6.45) is 8.08. The van der Waals surface area contributed by atoms with E-state index < -0.39 is 0 Å². The minimum Gasteiger partial charge on any atom is -0.356 e. The van der Waals surface area contributed by atoms with E-state index in [9.17, 15) is 4.79 Å². The number of H-pyrrole nitrogens is 1. The SMILES string of the molecule is CCCCC(=O)NCCCc1ncc[nH]1. The number of nitrogens with zero attached hydrogens (tertiary/aromatic N) is 1. The fraction of sp³-hybridized carbons (Fsp3) is 0.636. The molecular formula is C11H19N3O. The average molecular weight is 209 g/mol. The predicted molar refractivity (Wildman–Crippen MR) is 59.4 cm³/mol. The smallest absolute Gasteiger partial charge is 0.219 e. The van der Waals surface area contributed by atoms with Crippen molar-refractivity contribution in [3.05, 3.63) is 18.2 Å². The number of hydrogen-bond donors (Lipinski definition) is 2. The molecule has 1 amide bonds. The van der Waals surface area contributed by atoms with Crippen molar-refractivity contribution in [2.75, 3.05) is 6.54 Å². The maximum atomic E-state index is 11.2. The number of aryl methyl sites for hydroxylation is 1. The molecule has 0 saturated heterocycles. The van der Waals surface area contributed by atoms with Crippen LogP contribution in [-0.2, 0) is 11.2 Å². The van der Waals surface area contributed by atoms with Gasteiger partial charge in [0, 0.05) is 31.8 Å². The maximum Gasteiger partial charge on any atom is 0.219 e. The predicted octanol–water partition coefficient (Wildman–Crippen LogP) is 1.65. The zero-order chi connectivity index (χ0) is 10.9. The Morgan fingerprint density at radius 3 is 3.07 bits per heavy atom. The second-order valence-corrected chi connectivity index (χ2v) is 3.59. The Kier molecular flexibility index (Phi) is 5.51. The third-order valence-corrected chi connectivity index (χ3v) is 2.22. The van der Waals surface area contributed by atoms with Gasteiger partial charge in [-0.25, -0.2) is 4.98 Å². The molecule has 1 rings (SSSR count). The molecule has 0 aromatic carbocycles. The van der Waals surface area contributed by atoms with Crippen LogP contribution in [0.4, 0.5) is 0 Å². The minimum absolute atomic E-state index is 0.163. The summed E-state index contributed by atoms with van der Waals surface area (Å²) in [4.78, 5) is 18.4. The highest BCUT2D eigenvalue weighted by Crippen LogP contribution is 1.95. The van der Waals surface area contributed by atoms with Gasteiger partial charge in [0.25, 0.3) is 0 Å². The molecule has 0 saturated carbocycles. The summed E-state index contributed by atoms with van der Waals surface area (Å²) >= 11 is 0. The van der Waals surface area contributed by atoms with Crippen LogP contribution in [0.1, 0.15) is 38.4 Å². The fourth-order valence-electron chi connectivity index (χ4n) is 1.34. The van der Waals surface area contributed by atoms with Gasteiger partial charge in [0.15, 0.2) is 0 Å². The second kappa shape index (κ2) is 7.04. The van der Waals surface area contributed by atoms with Crippen LogP contribution in [0.25, 0.3) is 0 Å². The Morgan fingerprint density at radius 1 is 1.53 bits per heavy atom. The fourth-order valence-corrected chi connectivity index (χ4v) is 1.34. The van der Waals surface area contributed by atoms with E-state index in [-0.39, 0.29) is 5.91 Å². The first-order valence-corrected chi connectivity index (χ1v) is 5.58. The summed E-state index contributed by atoms with van der Waals surface area (Å²) < 4.78 is 0. The van der Waals surface area contributed by atoms with Crippen LogP contribution in [-0.4, -0.2) is 22.4 Å². The van der Waals surface area contributed by atoms with Crippen molar-refractivity contribution in [3.63, 3.8) is 0 Å². The lowest BCUT2D eigenvalue weighted by Crippen LogP contribution is -2.24. The van der Waals surface area contributed by atoms with Crippen LogP contribution in [0.2, 0.25) is 0 Å². The lowest BCUT2D eigenvalue weighted by atomic mass is 10.2. The largest absolute Gasteiger partial charge is 0.356 e. The standard InChI is InChI=1S/C11H19N3O/c1-2-3-6-11(15)14-7-4-5-10-12-8-9-13-10/h8-9H,2-7H2,1H3,(H,12,13)(H,14,15). The zero-order valence-electron chi connectivity index (χ0n) is 9.25. The molecule has 1 aromatic rings. The number of nitrogens with one attached hydrogen (secondary N) is 2. The maximum absolute atomic E-state index is 11.2. The molecule has 0 radical (unpaired) electrons. The van der Waals surface area contributed by atoms with E-state index in [1.165, 1.54) is 0 Å². The number of hydrogen-bond acceptors (Lipinski definition) is 2. The number of aromatic amines is 1. The van der Waals surface area contributed by atoms with Crippen LogP contribution >= 0.6 is 0 Å². The lowest BCUT2D eigenvalue weighted by molar-refractivity contribution is -0.121.